The van der Waals surface area contributed by atoms with Crippen LogP contribution in [-0.4, -0.2) is 76.1 Å². The number of hydrogen-bond donors (Lipinski definition) is 3. The first-order valence-electron chi connectivity index (χ1n) is 24.2. The summed E-state index contributed by atoms with van der Waals surface area (Å²) in [5.74, 6) is 1.53. The third-order valence-corrected chi connectivity index (χ3v) is 11.2. The van der Waals surface area contributed by atoms with Gasteiger partial charge in [-0.1, -0.05) is 51.5 Å². The number of halogens is 2. The van der Waals surface area contributed by atoms with Crippen LogP contribution in [0, 0.1) is 32.1 Å². The molecule has 0 aliphatic heterocycles. The second-order valence-electron chi connectivity index (χ2n) is 18.5. The second kappa shape index (κ2) is 25.2. The molecule has 0 saturated carbocycles. The minimum Gasteiger partial charge on any atom is -0.489 e. The first kappa shape index (κ1) is 55.3. The molecule has 0 atom stereocenters. The summed E-state index contributed by atoms with van der Waals surface area (Å²) in [4.78, 5) is 31.9. The molecule has 18 nitrogen and oxygen atoms in total. The van der Waals surface area contributed by atoms with E-state index in [9.17, 15) is 13.6 Å². The lowest BCUT2D eigenvalue weighted by Gasteiger charge is -2.11. The summed E-state index contributed by atoms with van der Waals surface area (Å²) >= 11 is 0. The van der Waals surface area contributed by atoms with Crippen molar-refractivity contribution in [3.63, 3.8) is 0 Å². The highest BCUT2D eigenvalue weighted by atomic mass is 19.1. The lowest BCUT2D eigenvalue weighted by atomic mass is 10.1. The minimum atomic E-state index is -0.787. The van der Waals surface area contributed by atoms with E-state index in [-0.39, 0.29) is 37.4 Å². The number of likely N-dealkylation sites (N-methyl/N-ethyl adjacent to an activating group) is 1. The third-order valence-electron chi connectivity index (χ3n) is 11.2. The Hall–Kier alpha value is -9.48. The van der Waals surface area contributed by atoms with Gasteiger partial charge in [0, 0.05) is 77.2 Å². The maximum Gasteiger partial charge on any atom is 0.317 e. The summed E-state index contributed by atoms with van der Waals surface area (Å²) in [5, 5.41) is 17.3. The Kier molecular flexibility index (Phi) is 18.1. The average Bonchev–Trinajstić information content (AvgIpc) is 3.96. The molecule has 0 spiro atoms. The molecule has 9 aromatic rings. The van der Waals surface area contributed by atoms with Crippen molar-refractivity contribution in [1.29, 1.82) is 0 Å². The largest absolute Gasteiger partial charge is 0.489 e. The maximum absolute atomic E-state index is 14.2. The van der Waals surface area contributed by atoms with Crippen LogP contribution in [0.25, 0.3) is 27.3 Å². The molecule has 0 fully saturated rings. The fourth-order valence-electron chi connectivity index (χ4n) is 7.43. The molecule has 0 radical (unpaired) electrons. The molecule has 5 heterocycles. The normalized spacial score (nSPS) is 10.9. The molecule has 5 aromatic heterocycles. The number of nitrogens with zero attached hydrogens (tertiary/aromatic N) is 10. The summed E-state index contributed by atoms with van der Waals surface area (Å²) in [6.07, 6.45) is 4.91. The molecule has 20 heteroatoms. The van der Waals surface area contributed by atoms with Crippen molar-refractivity contribution >= 4 is 34.3 Å². The van der Waals surface area contributed by atoms with Crippen molar-refractivity contribution < 1.29 is 37.6 Å². The number of benzene rings is 4. The Labute approximate surface area is 444 Å². The number of anilines is 2. The summed E-state index contributed by atoms with van der Waals surface area (Å²) in [5.41, 5.74) is 20.6. The highest BCUT2D eigenvalue weighted by Crippen LogP contribution is 2.35. The Morgan fingerprint density at radius 2 is 1.12 bits per heavy atom. The van der Waals surface area contributed by atoms with E-state index in [1.807, 2.05) is 64.1 Å². The first-order valence-corrected chi connectivity index (χ1v) is 24.2. The lowest BCUT2D eigenvalue weighted by Crippen LogP contribution is -2.20. The highest BCUT2D eigenvalue weighted by molar-refractivity contribution is 5.88. The van der Waals surface area contributed by atoms with Gasteiger partial charge in [-0.2, -0.15) is 9.78 Å². The number of aromatic nitrogens is 8. The molecule has 5 N–H and O–H groups in total. The van der Waals surface area contributed by atoms with Crippen LogP contribution in [0.15, 0.2) is 128 Å². The van der Waals surface area contributed by atoms with Crippen LogP contribution in [0.1, 0.15) is 73.4 Å². The fraction of sp³-hybridized carbons (Fsp3) is 0.228. The number of hydrogen-bond acceptors (Lipinski definition) is 14. The number of fused-ring (bicyclic) bond motifs is 1. The molecular weight excluding hydrogens is 987 g/mol. The van der Waals surface area contributed by atoms with Gasteiger partial charge in [-0.15, -0.1) is 0 Å². The summed E-state index contributed by atoms with van der Waals surface area (Å²) in [7, 11) is 3.43. The predicted molar refractivity (Wildman–Crippen MR) is 289 cm³/mol. The number of aliphatic carboxylic acids is 1. The van der Waals surface area contributed by atoms with Crippen molar-refractivity contribution in [3.8, 4) is 45.9 Å². The standard InChI is InChI=1S/C27H25FN6O2.C26H24FN5O2.C4H9NO2/c1-16(2)24-25-26(27(29)32-15-31-25)34(33-24)20-6-8-21(9-7-20)36-23-11-19(28)10-22(12-23)35-14-18-5-4-17(3)30-13-18;1-16(2)25-24(28)26(29-4)32(31-25)20-7-9-21(10-8-20)34-23-12-19(27)11-22(13-23)33-15-18-6-5-17(3)30-14-18;1-5(2)3-4(6)7/h4-13,15-16H,14H2,1-3H3,(H2,29,31,32);5-14,16H,15,28H2,1-3H3;3H2,1-2H3,(H,6,7). The summed E-state index contributed by atoms with van der Waals surface area (Å²) in [6, 6.07) is 30.3. The topological polar surface area (TPSA) is 221 Å². The van der Waals surface area contributed by atoms with Crippen LogP contribution in [0.2, 0.25) is 0 Å². The van der Waals surface area contributed by atoms with Gasteiger partial charge in [-0.25, -0.2) is 23.4 Å². The van der Waals surface area contributed by atoms with Crippen molar-refractivity contribution in [1.82, 2.24) is 44.4 Å². The molecule has 0 bridgehead atoms. The number of carbonyl (C=O) groups is 1. The zero-order valence-corrected chi connectivity index (χ0v) is 43.8. The van der Waals surface area contributed by atoms with E-state index >= 15 is 0 Å². The van der Waals surface area contributed by atoms with Gasteiger partial charge in [0.05, 0.1) is 29.3 Å². The molecule has 0 unspecified atom stereocenters. The predicted octanol–water partition coefficient (Wildman–Crippen LogP) is 11.7. The van der Waals surface area contributed by atoms with Crippen molar-refractivity contribution in [2.24, 2.45) is 0 Å². The zero-order chi connectivity index (χ0) is 55.3. The van der Waals surface area contributed by atoms with E-state index in [2.05, 4.69) is 43.7 Å². The molecule has 0 aliphatic rings. The van der Waals surface area contributed by atoms with Crippen LogP contribution in [0.5, 0.6) is 34.5 Å². The quantitative estimate of drug-likeness (QED) is 0.0766. The Morgan fingerprint density at radius 3 is 1.53 bits per heavy atom. The number of pyridine rings is 2. The molecule has 4 aromatic carbocycles. The van der Waals surface area contributed by atoms with E-state index in [1.165, 1.54) is 35.3 Å². The number of ether oxygens (including phenoxy) is 4. The van der Waals surface area contributed by atoms with E-state index in [0.29, 0.717) is 62.9 Å². The minimum absolute atomic E-state index is 0.0935. The number of aryl methyl sites for hydroxylation is 2. The van der Waals surface area contributed by atoms with E-state index in [0.717, 1.165) is 39.4 Å². The van der Waals surface area contributed by atoms with Crippen molar-refractivity contribution in [3.05, 3.63) is 185 Å². The van der Waals surface area contributed by atoms with E-state index in [1.54, 1.807) is 84.6 Å². The number of carboxylic acids is 1. The Morgan fingerprint density at radius 1 is 0.649 bits per heavy atom. The van der Waals surface area contributed by atoms with Crippen molar-refractivity contribution in [2.45, 2.75) is 66.6 Å². The molecule has 77 heavy (non-hydrogen) atoms. The maximum atomic E-state index is 14.2. The first-order chi connectivity index (χ1) is 36.8. The van der Waals surface area contributed by atoms with Crippen LogP contribution >= 0.6 is 0 Å². The second-order valence-corrected chi connectivity index (χ2v) is 18.5. The van der Waals surface area contributed by atoms with E-state index in [4.69, 9.17) is 47.2 Å². The molecule has 396 valence electrons. The molecule has 0 saturated heterocycles. The Bertz CT molecular complexity index is 3490. The fourth-order valence-corrected chi connectivity index (χ4v) is 7.43. The van der Waals surface area contributed by atoms with Gasteiger partial charge in [-0.3, -0.25) is 19.7 Å². The van der Waals surface area contributed by atoms with E-state index < -0.39 is 17.6 Å². The van der Waals surface area contributed by atoms with Crippen LogP contribution in [0.4, 0.5) is 26.1 Å². The summed E-state index contributed by atoms with van der Waals surface area (Å²) in [6.45, 7) is 20.0. The highest BCUT2D eigenvalue weighted by Gasteiger charge is 2.21. The zero-order valence-electron chi connectivity index (χ0n) is 43.8. The smallest absolute Gasteiger partial charge is 0.317 e. The van der Waals surface area contributed by atoms with Crippen LogP contribution in [-0.2, 0) is 18.0 Å². The van der Waals surface area contributed by atoms with Gasteiger partial charge in [0.2, 0.25) is 0 Å². The Balaban J connectivity index is 0.000000199. The van der Waals surface area contributed by atoms with Crippen LogP contribution in [0.3, 0.4) is 0 Å². The molecule has 0 amide bonds. The monoisotopic (exact) mass is 1040 g/mol. The van der Waals surface area contributed by atoms with Gasteiger partial charge in [-0.05, 0) is 94.5 Å². The average molecular weight is 1050 g/mol. The number of rotatable bonds is 16. The van der Waals surface area contributed by atoms with Gasteiger partial charge < -0.3 is 40.4 Å². The van der Waals surface area contributed by atoms with Gasteiger partial charge >= 0.3 is 5.97 Å². The number of carboxylic acid groups (broad SMARTS) is 1. The molecular formula is C57H58F2N12O6. The van der Waals surface area contributed by atoms with Crippen LogP contribution < -0.4 is 30.4 Å². The van der Waals surface area contributed by atoms with Gasteiger partial charge in [0.15, 0.2) is 5.82 Å². The summed E-state index contributed by atoms with van der Waals surface area (Å²) < 4.78 is 54.9. The molecule has 9 rings (SSSR count). The lowest BCUT2D eigenvalue weighted by molar-refractivity contribution is -0.137. The number of nitrogens with two attached hydrogens (primary N) is 2. The van der Waals surface area contributed by atoms with Gasteiger partial charge in [0.1, 0.15) is 82.4 Å². The third kappa shape index (κ3) is 14.9. The number of nitrogen functional groups attached to an aromatic ring is 2. The molecule has 0 aliphatic carbocycles. The van der Waals surface area contributed by atoms with Gasteiger partial charge in [0.25, 0.3) is 5.82 Å². The van der Waals surface area contributed by atoms with Crippen molar-refractivity contribution in [2.75, 3.05) is 32.1 Å². The SMILES string of the molecule is CN(C)CC(=O)O.Cc1ccc(COc2cc(F)cc(Oc3ccc(-n4nc(C(C)C)c5ncnc(N)c54)cc3)c2)cn1.[C-]#[N+]c1c(N)c(C(C)C)nn1-c1ccc(Oc2cc(F)cc(OCc3ccc(C)nc3)c2)cc1.